The maximum absolute atomic E-state index is 9.27. The summed E-state index contributed by atoms with van der Waals surface area (Å²) in [5.74, 6) is 0. The Hall–Kier alpha value is -1.02. The van der Waals surface area contributed by atoms with Crippen LogP contribution in [0.3, 0.4) is 0 Å². The van der Waals surface area contributed by atoms with Crippen molar-refractivity contribution in [3.63, 3.8) is 0 Å². The van der Waals surface area contributed by atoms with E-state index in [-0.39, 0.29) is 21.5 Å². The second kappa shape index (κ2) is 6.47. The summed E-state index contributed by atoms with van der Waals surface area (Å²) in [6.45, 7) is 20.8. The molecule has 0 saturated carbocycles. The molecule has 0 aliphatic carbocycles. The predicted molar refractivity (Wildman–Crippen MR) is 87.9 cm³/mol. The molecule has 3 rings (SSSR count). The molecule has 0 N–H and O–H groups in total. The van der Waals surface area contributed by atoms with Gasteiger partial charge in [0.1, 0.15) is 0 Å². The van der Waals surface area contributed by atoms with E-state index in [9.17, 15) is 5.26 Å². The molecular formula is C17H10N3PUV. The average molecular weight is 576 g/mol. The summed E-state index contributed by atoms with van der Waals surface area (Å²) < 4.78 is 5.51. The molecule has 0 unspecified atom stereocenters. The third-order valence-electron chi connectivity index (χ3n) is 3.82. The van der Waals surface area contributed by atoms with Crippen molar-refractivity contribution in [2.75, 3.05) is 0 Å². The van der Waals surface area contributed by atoms with Crippen molar-refractivity contribution in [1.29, 1.82) is 5.26 Å². The zero-order valence-electron chi connectivity index (χ0n) is 12.8. The minimum absolute atomic E-state index is 0.0579. The molecule has 2 aliphatic rings. The van der Waals surface area contributed by atoms with Crippen molar-refractivity contribution >= 4 is 32.7 Å². The van der Waals surface area contributed by atoms with Crippen molar-refractivity contribution in [2.45, 2.75) is 20.8 Å². The summed E-state index contributed by atoms with van der Waals surface area (Å²) in [6.07, 6.45) is 0. The molecule has 6 heteroatoms. The van der Waals surface area contributed by atoms with E-state index < -0.39 is 27.2 Å². The molecule has 0 saturated heterocycles. The SMILES string of the molecule is [C-]#[N+]/C(C#N)=C1\[C](C)=[U][c]2pc3[c](cc21)[V]=[C](C)/C3=C(\C)[N+]#[C-]. The fourth-order valence-electron chi connectivity index (χ4n) is 2.84. The van der Waals surface area contributed by atoms with Crippen molar-refractivity contribution in [1.82, 2.24) is 0 Å². The van der Waals surface area contributed by atoms with Crippen LogP contribution in [0.1, 0.15) is 31.6 Å². The number of rotatable bonds is 0. The van der Waals surface area contributed by atoms with Crippen LogP contribution in [0.4, 0.5) is 0 Å². The van der Waals surface area contributed by atoms with E-state index in [0.29, 0.717) is 0 Å². The van der Waals surface area contributed by atoms with Gasteiger partial charge in [-0.2, -0.15) is 0 Å². The van der Waals surface area contributed by atoms with Crippen molar-refractivity contribution in [2.24, 2.45) is 0 Å². The van der Waals surface area contributed by atoms with Crippen LogP contribution < -0.4 is 6.60 Å². The van der Waals surface area contributed by atoms with Crippen LogP contribution in [0.2, 0.25) is 0 Å². The van der Waals surface area contributed by atoms with Gasteiger partial charge in [0.25, 0.3) is 0 Å². The van der Waals surface area contributed by atoms with Crippen LogP contribution in [-0.2, 0) is 15.8 Å². The van der Waals surface area contributed by atoms with E-state index in [1.54, 1.807) is 0 Å². The first-order chi connectivity index (χ1) is 11.0. The van der Waals surface area contributed by atoms with Gasteiger partial charge in [0.2, 0.25) is 0 Å². The number of hydrogen-bond acceptors (Lipinski definition) is 1. The molecule has 0 amide bonds. The first-order valence-electron chi connectivity index (χ1n) is 6.84. The van der Waals surface area contributed by atoms with Crippen LogP contribution in [0, 0.1) is 51.7 Å². The minimum atomic E-state index is -1.28. The summed E-state index contributed by atoms with van der Waals surface area (Å²) in [5.41, 5.74) is 4.35. The molecule has 107 valence electrons. The van der Waals surface area contributed by atoms with Gasteiger partial charge >= 0.3 is 159 Å². The maximum atomic E-state index is 9.27. The number of allylic oxidation sites excluding steroid dienone is 4. The number of fused-ring (bicyclic) bond motifs is 2. The van der Waals surface area contributed by atoms with Crippen molar-refractivity contribution in [3.05, 3.63) is 51.2 Å². The Morgan fingerprint density at radius 1 is 1.30 bits per heavy atom. The summed E-state index contributed by atoms with van der Waals surface area (Å²) in [5, 5.41) is 10.6. The Labute approximate surface area is 157 Å². The van der Waals surface area contributed by atoms with E-state index in [1.807, 2.05) is 6.92 Å². The topological polar surface area (TPSA) is 32.5 Å². The molecule has 23 heavy (non-hydrogen) atoms. The van der Waals surface area contributed by atoms with Gasteiger partial charge in [-0.05, 0) is 0 Å². The summed E-state index contributed by atoms with van der Waals surface area (Å²) >= 11 is -1.34. The first-order valence-corrected chi connectivity index (χ1v) is 13.3. The molecule has 0 aromatic carbocycles. The number of hydrogen-bond donors (Lipinski definition) is 0. The summed E-state index contributed by atoms with van der Waals surface area (Å²) in [7, 11) is 1.24. The molecule has 3 nitrogen and oxygen atoms in total. The van der Waals surface area contributed by atoms with Gasteiger partial charge in [-0.1, -0.05) is 0 Å². The quantitative estimate of drug-likeness (QED) is 0.346. The molecular weight excluding hydrogens is 566 g/mol. The second-order valence-electron chi connectivity index (χ2n) is 5.22. The Morgan fingerprint density at radius 2 is 2.04 bits per heavy atom. The number of nitriles is 1. The van der Waals surface area contributed by atoms with E-state index in [1.165, 1.54) is 38.0 Å². The van der Waals surface area contributed by atoms with Gasteiger partial charge in [0, 0.05) is 0 Å². The van der Waals surface area contributed by atoms with Gasteiger partial charge in [0.15, 0.2) is 0 Å². The number of nitrogens with zero attached hydrogens (tertiary/aromatic N) is 3. The normalized spacial score (nSPS) is 18.8. The Bertz CT molecular complexity index is 1010. The Balaban J connectivity index is 2.32. The monoisotopic (exact) mass is 576 g/mol. The van der Waals surface area contributed by atoms with Gasteiger partial charge < -0.3 is 0 Å². The molecule has 0 spiro atoms. The van der Waals surface area contributed by atoms with Crippen LogP contribution >= 0.6 is 8.19 Å². The zero-order chi connectivity index (χ0) is 16.7. The molecule has 0 atom stereocenters. The molecule has 0 fully saturated rings. The van der Waals surface area contributed by atoms with Gasteiger partial charge in [-0.25, -0.2) is 0 Å². The predicted octanol–water partition coefficient (Wildman–Crippen LogP) is 2.90. The van der Waals surface area contributed by atoms with Gasteiger partial charge in [-0.3, -0.25) is 0 Å². The van der Waals surface area contributed by atoms with E-state index >= 15 is 0 Å². The molecule has 0 bridgehead atoms. The average Bonchev–Trinajstić information content (AvgIpc) is 3.01. The molecule has 1 aromatic heterocycles. The Morgan fingerprint density at radius 3 is 2.65 bits per heavy atom. The van der Waals surface area contributed by atoms with Crippen molar-refractivity contribution in [3.8, 4) is 6.07 Å². The van der Waals surface area contributed by atoms with Gasteiger partial charge in [-0.15, -0.1) is 0 Å². The summed E-state index contributed by atoms with van der Waals surface area (Å²) in [6, 6.07) is 4.32. The van der Waals surface area contributed by atoms with Crippen LogP contribution in [0.15, 0.2) is 17.5 Å². The zero-order valence-corrected chi connectivity index (χ0v) is 19.3. The Kier molecular flexibility index (Phi) is 4.73. The third-order valence-corrected chi connectivity index (χ3v) is 14.2. The standard InChI is InChI=1S/C17H10N3P.U.V/c1-6-14(12(3)19-4)17-9-8-13(11-21-17)15(7-2)16(10-18)20-5;;/h8H,1-3H3;;/b14-12-,16-15+;;. The third kappa shape index (κ3) is 2.69. The van der Waals surface area contributed by atoms with E-state index in [4.69, 9.17) is 13.1 Å². The molecule has 1 aromatic rings. The fraction of sp³-hybridized carbons (Fsp3) is 0.176. The van der Waals surface area contributed by atoms with Gasteiger partial charge in [0.05, 0.1) is 0 Å². The molecule has 0 radical (unpaired) electrons. The first kappa shape index (κ1) is 16.8. The molecule has 2 aliphatic heterocycles. The van der Waals surface area contributed by atoms with E-state index in [2.05, 4.69) is 35.7 Å². The van der Waals surface area contributed by atoms with Crippen molar-refractivity contribution < 1.29 is 43.1 Å². The second-order valence-corrected chi connectivity index (χ2v) is 16.5. The van der Waals surface area contributed by atoms with E-state index in [0.717, 1.165) is 11.3 Å². The fourth-order valence-corrected chi connectivity index (χ4v) is 14.5. The summed E-state index contributed by atoms with van der Waals surface area (Å²) in [4.78, 5) is 7.11. The van der Waals surface area contributed by atoms with Crippen LogP contribution in [0.5, 0.6) is 0 Å². The van der Waals surface area contributed by atoms with Crippen LogP contribution in [0.25, 0.3) is 20.8 Å². The molecule has 3 heterocycles. The van der Waals surface area contributed by atoms with Crippen LogP contribution in [-0.4, -0.2) is 6.75 Å².